The monoisotopic (exact) mass is 510 g/mol. The van der Waals surface area contributed by atoms with E-state index in [1.807, 2.05) is 13.0 Å². The van der Waals surface area contributed by atoms with Gasteiger partial charge >= 0.3 is 5.97 Å². The third kappa shape index (κ3) is 3.40. The fourth-order valence-corrected chi connectivity index (χ4v) is 7.95. The molecule has 2 aliphatic heterocycles. The van der Waals surface area contributed by atoms with Crippen LogP contribution in [0, 0.1) is 11.3 Å². The Kier molecular flexibility index (Phi) is 5.44. The summed E-state index contributed by atoms with van der Waals surface area (Å²) in [6.45, 7) is 8.44. The van der Waals surface area contributed by atoms with Crippen molar-refractivity contribution in [3.63, 3.8) is 0 Å². The van der Waals surface area contributed by atoms with Gasteiger partial charge in [0.1, 0.15) is 5.60 Å². The Hall–Kier alpha value is -2.06. The van der Waals surface area contributed by atoms with Gasteiger partial charge in [0.05, 0.1) is 23.2 Å². The Morgan fingerprint density at radius 1 is 1.22 bits per heavy atom. The second-order valence-electron chi connectivity index (χ2n) is 12.6. The van der Waals surface area contributed by atoms with E-state index in [1.165, 1.54) is 25.0 Å². The summed E-state index contributed by atoms with van der Waals surface area (Å²) in [6.07, 6.45) is 6.04. The van der Waals surface area contributed by atoms with Crippen LogP contribution in [0.1, 0.15) is 88.8 Å². The molecular formula is C30H38O7. The Morgan fingerprint density at radius 3 is 2.70 bits per heavy atom. The Labute approximate surface area is 218 Å². The highest BCUT2D eigenvalue weighted by molar-refractivity contribution is 5.98. The second kappa shape index (κ2) is 7.98. The van der Waals surface area contributed by atoms with Crippen LogP contribution in [-0.2, 0) is 30.2 Å². The topological polar surface area (TPSA) is 106 Å². The van der Waals surface area contributed by atoms with Gasteiger partial charge in [0.15, 0.2) is 11.4 Å². The molecule has 37 heavy (non-hydrogen) atoms. The minimum Gasteiger partial charge on any atom is -0.433 e. The van der Waals surface area contributed by atoms with Crippen molar-refractivity contribution in [1.29, 1.82) is 0 Å². The molecule has 1 spiro atoms. The third-order valence-electron chi connectivity index (χ3n) is 10.7. The van der Waals surface area contributed by atoms with E-state index in [4.69, 9.17) is 14.2 Å². The van der Waals surface area contributed by atoms with Gasteiger partial charge in [-0.2, -0.15) is 0 Å². The minimum atomic E-state index is -1.73. The molecule has 0 aromatic heterocycles. The van der Waals surface area contributed by atoms with Crippen LogP contribution in [0.4, 0.5) is 0 Å². The molecule has 2 N–H and O–H groups in total. The number of hydrogen-bond acceptors (Lipinski definition) is 7. The first kappa shape index (κ1) is 25.2. The Morgan fingerprint density at radius 2 is 1.97 bits per heavy atom. The van der Waals surface area contributed by atoms with Crippen molar-refractivity contribution in [1.82, 2.24) is 0 Å². The zero-order valence-electron chi connectivity index (χ0n) is 22.3. The minimum absolute atomic E-state index is 0.1000. The highest BCUT2D eigenvalue weighted by atomic mass is 16.7. The predicted octanol–water partition coefficient (Wildman–Crippen LogP) is 3.69. The van der Waals surface area contributed by atoms with Gasteiger partial charge in [-0.25, -0.2) is 0 Å². The van der Waals surface area contributed by atoms with E-state index in [0.717, 1.165) is 31.2 Å². The van der Waals surface area contributed by atoms with Gasteiger partial charge in [0.2, 0.25) is 6.29 Å². The number of fused-ring (bicyclic) bond motifs is 4. The molecular weight excluding hydrogens is 472 g/mol. The van der Waals surface area contributed by atoms with Crippen LogP contribution in [0.2, 0.25) is 0 Å². The lowest BCUT2D eigenvalue weighted by Gasteiger charge is -2.51. The summed E-state index contributed by atoms with van der Waals surface area (Å²) in [5.74, 6) is 0.100. The largest absolute Gasteiger partial charge is 0.433 e. The van der Waals surface area contributed by atoms with E-state index in [9.17, 15) is 19.8 Å². The average molecular weight is 511 g/mol. The van der Waals surface area contributed by atoms with E-state index in [1.54, 1.807) is 13.0 Å². The number of rotatable bonds is 3. The van der Waals surface area contributed by atoms with Crippen LogP contribution in [0.25, 0.3) is 0 Å². The van der Waals surface area contributed by atoms with E-state index in [0.29, 0.717) is 5.92 Å². The molecule has 1 unspecified atom stereocenters. The molecule has 0 amide bonds. The lowest BCUT2D eigenvalue weighted by Crippen LogP contribution is -2.65. The highest BCUT2D eigenvalue weighted by Gasteiger charge is 2.75. The predicted molar refractivity (Wildman–Crippen MR) is 135 cm³/mol. The van der Waals surface area contributed by atoms with E-state index < -0.39 is 35.0 Å². The number of aliphatic hydroxyl groups is 2. The molecule has 6 rings (SSSR count). The number of ether oxygens (including phenoxy) is 3. The second-order valence-corrected chi connectivity index (χ2v) is 12.6. The average Bonchev–Trinajstić information content (AvgIpc) is 3.54. The van der Waals surface area contributed by atoms with Crippen molar-refractivity contribution in [2.24, 2.45) is 11.3 Å². The molecule has 7 heteroatoms. The maximum atomic E-state index is 13.2. The highest BCUT2D eigenvalue weighted by Crippen LogP contribution is 2.69. The van der Waals surface area contributed by atoms with Crippen LogP contribution in [0.15, 0.2) is 30.4 Å². The molecule has 1 aromatic carbocycles. The lowest BCUT2D eigenvalue weighted by molar-refractivity contribution is -0.324. The molecule has 2 heterocycles. The molecule has 3 aliphatic carbocycles. The Bertz CT molecular complexity index is 1180. The number of epoxide rings is 1. The Balaban J connectivity index is 1.27. The van der Waals surface area contributed by atoms with Gasteiger partial charge < -0.3 is 24.4 Å². The van der Waals surface area contributed by atoms with Gasteiger partial charge in [-0.1, -0.05) is 31.2 Å². The summed E-state index contributed by atoms with van der Waals surface area (Å²) in [5.41, 5.74) is -0.311. The number of aryl methyl sites for hydroxylation is 1. The standard InChI is InChI=1S/C30H38O7/c1-16(23-15-27(3,33)29(5,34)26(36-23)35-17(2)31)18-8-10-20-19(13-18)9-11-22-21(20)14-25-30(37-25)12-6-7-24(32)28(22,30)4/h6-8,10,13,16,21-23,25-26,33-34H,9,11-12,14-15H2,1-5H3/t16-,21-,22-,23?,25-,26-,27+,28-,29+,30-/m0/s1. The lowest BCUT2D eigenvalue weighted by atomic mass is 9.49. The first-order valence-electron chi connectivity index (χ1n) is 13.6. The number of benzene rings is 1. The summed E-state index contributed by atoms with van der Waals surface area (Å²) in [7, 11) is 0. The molecule has 3 fully saturated rings. The summed E-state index contributed by atoms with van der Waals surface area (Å²) in [6, 6.07) is 6.57. The van der Waals surface area contributed by atoms with Crippen molar-refractivity contribution < 1.29 is 34.0 Å². The number of esters is 1. The SMILES string of the molecule is CC(=O)O[C@H]1OC([C@@H](C)c2ccc3c(c2)CC[C@H]2[C@H]3C[C@@H]3O[C@@]34CC=CC(=O)[C@]24C)C[C@@](C)(O)[C@]1(C)O. The maximum absolute atomic E-state index is 13.2. The van der Waals surface area contributed by atoms with Gasteiger partial charge in [-0.05, 0) is 81.1 Å². The molecule has 0 bridgehead atoms. The van der Waals surface area contributed by atoms with Crippen molar-refractivity contribution in [3.8, 4) is 0 Å². The summed E-state index contributed by atoms with van der Waals surface area (Å²) in [4.78, 5) is 24.9. The summed E-state index contributed by atoms with van der Waals surface area (Å²) >= 11 is 0. The van der Waals surface area contributed by atoms with Gasteiger partial charge in [0.25, 0.3) is 0 Å². The van der Waals surface area contributed by atoms with Crippen LogP contribution in [-0.4, -0.2) is 57.3 Å². The van der Waals surface area contributed by atoms with Crippen molar-refractivity contribution in [3.05, 3.63) is 47.0 Å². The maximum Gasteiger partial charge on any atom is 0.305 e. The zero-order valence-corrected chi connectivity index (χ0v) is 22.3. The number of ketones is 1. The molecule has 2 saturated heterocycles. The van der Waals surface area contributed by atoms with E-state index in [2.05, 4.69) is 25.1 Å². The molecule has 0 radical (unpaired) electrons. The molecule has 1 aromatic rings. The first-order chi connectivity index (χ1) is 17.3. The third-order valence-corrected chi connectivity index (χ3v) is 10.7. The van der Waals surface area contributed by atoms with Crippen molar-refractivity contribution in [2.45, 2.75) is 114 Å². The van der Waals surface area contributed by atoms with Crippen LogP contribution >= 0.6 is 0 Å². The number of carbonyl (C=O) groups is 2. The number of carbonyl (C=O) groups excluding carboxylic acids is 2. The van der Waals surface area contributed by atoms with Gasteiger partial charge in [-0.15, -0.1) is 0 Å². The van der Waals surface area contributed by atoms with E-state index in [-0.39, 0.29) is 35.7 Å². The fourth-order valence-electron chi connectivity index (χ4n) is 7.95. The number of allylic oxidation sites excluding steroid dienone is 1. The van der Waals surface area contributed by atoms with Crippen LogP contribution in [0.5, 0.6) is 0 Å². The summed E-state index contributed by atoms with van der Waals surface area (Å²) < 4.78 is 17.6. The van der Waals surface area contributed by atoms with Gasteiger partial charge in [0, 0.05) is 19.3 Å². The zero-order chi connectivity index (χ0) is 26.5. The quantitative estimate of drug-likeness (QED) is 0.472. The number of hydrogen-bond donors (Lipinski definition) is 2. The molecule has 1 saturated carbocycles. The smallest absolute Gasteiger partial charge is 0.305 e. The molecule has 10 atom stereocenters. The molecule has 200 valence electrons. The molecule has 7 nitrogen and oxygen atoms in total. The first-order valence-corrected chi connectivity index (χ1v) is 13.6. The fraction of sp³-hybridized carbons (Fsp3) is 0.667. The molecule has 5 aliphatic rings. The van der Waals surface area contributed by atoms with Crippen LogP contribution < -0.4 is 0 Å². The van der Waals surface area contributed by atoms with Gasteiger partial charge in [-0.3, -0.25) is 9.59 Å². The normalized spacial score (nSPS) is 46.7. The van der Waals surface area contributed by atoms with Crippen LogP contribution in [0.3, 0.4) is 0 Å². The van der Waals surface area contributed by atoms with Crippen molar-refractivity contribution >= 4 is 11.8 Å². The van der Waals surface area contributed by atoms with E-state index >= 15 is 0 Å². The summed E-state index contributed by atoms with van der Waals surface area (Å²) in [5, 5.41) is 22.0. The van der Waals surface area contributed by atoms with Crippen molar-refractivity contribution in [2.75, 3.05) is 0 Å².